The Morgan fingerprint density at radius 1 is 1.20 bits per heavy atom. The molecule has 0 spiro atoms. The minimum Gasteiger partial charge on any atom is -0.493 e. The average Bonchev–Trinajstić information content (AvgIpc) is 2.37. The number of hydrogen-bond acceptors (Lipinski definition) is 3. The van der Waals surface area contributed by atoms with Gasteiger partial charge in [-0.15, -0.1) is 0 Å². The van der Waals surface area contributed by atoms with Crippen molar-refractivity contribution in [2.45, 2.75) is 52.0 Å². The van der Waals surface area contributed by atoms with Crippen molar-refractivity contribution in [1.29, 1.82) is 0 Å². The predicted octanol–water partition coefficient (Wildman–Crippen LogP) is 3.79. The van der Waals surface area contributed by atoms with Crippen LogP contribution in [0.25, 0.3) is 0 Å². The van der Waals surface area contributed by atoms with E-state index in [0.29, 0.717) is 5.92 Å². The van der Waals surface area contributed by atoms with Gasteiger partial charge in [-0.3, -0.25) is 0 Å². The number of rotatable bonds is 8. The van der Waals surface area contributed by atoms with E-state index in [1.54, 1.807) is 14.2 Å². The van der Waals surface area contributed by atoms with Gasteiger partial charge in [0.25, 0.3) is 0 Å². The Labute approximate surface area is 123 Å². The van der Waals surface area contributed by atoms with Crippen LogP contribution in [0.15, 0.2) is 18.2 Å². The number of ether oxygens (including phenoxy) is 2. The highest BCUT2D eigenvalue weighted by atomic mass is 16.5. The highest BCUT2D eigenvalue weighted by Crippen LogP contribution is 2.30. The van der Waals surface area contributed by atoms with Crippen molar-refractivity contribution in [3.05, 3.63) is 23.8 Å². The van der Waals surface area contributed by atoms with E-state index in [9.17, 15) is 0 Å². The lowest BCUT2D eigenvalue weighted by Gasteiger charge is -2.28. The van der Waals surface area contributed by atoms with Gasteiger partial charge in [-0.25, -0.2) is 0 Å². The van der Waals surface area contributed by atoms with Crippen molar-refractivity contribution in [1.82, 2.24) is 0 Å². The van der Waals surface area contributed by atoms with Crippen LogP contribution >= 0.6 is 0 Å². The lowest BCUT2D eigenvalue weighted by molar-refractivity contribution is 0.334. The summed E-state index contributed by atoms with van der Waals surface area (Å²) in [4.78, 5) is 0. The molecule has 0 radical (unpaired) electrons. The number of hydrogen-bond donors (Lipinski definition) is 1. The van der Waals surface area contributed by atoms with Gasteiger partial charge in [0.2, 0.25) is 0 Å². The van der Waals surface area contributed by atoms with Crippen molar-refractivity contribution >= 4 is 0 Å². The van der Waals surface area contributed by atoms with Crippen molar-refractivity contribution < 1.29 is 9.47 Å². The number of nitrogens with two attached hydrogens (primary N) is 1. The van der Waals surface area contributed by atoms with Crippen molar-refractivity contribution in [3.8, 4) is 11.5 Å². The quantitative estimate of drug-likeness (QED) is 0.787. The molecule has 0 fully saturated rings. The second kappa shape index (κ2) is 7.53. The summed E-state index contributed by atoms with van der Waals surface area (Å²) in [5.41, 5.74) is 7.47. The van der Waals surface area contributed by atoms with Gasteiger partial charge in [-0.2, -0.15) is 0 Å². The molecule has 0 aromatic heterocycles. The van der Waals surface area contributed by atoms with Crippen LogP contribution < -0.4 is 15.2 Å². The molecule has 0 heterocycles. The highest BCUT2D eigenvalue weighted by molar-refractivity contribution is 5.43. The first kappa shape index (κ1) is 16.8. The minimum atomic E-state index is -0.186. The van der Waals surface area contributed by atoms with Crippen molar-refractivity contribution in [2.75, 3.05) is 14.2 Å². The molecule has 114 valence electrons. The van der Waals surface area contributed by atoms with Gasteiger partial charge in [0.05, 0.1) is 14.2 Å². The van der Waals surface area contributed by atoms with Gasteiger partial charge in [0.15, 0.2) is 11.5 Å². The van der Waals surface area contributed by atoms with E-state index in [1.807, 2.05) is 12.1 Å². The summed E-state index contributed by atoms with van der Waals surface area (Å²) in [5.74, 6) is 2.19. The maximum absolute atomic E-state index is 6.47. The topological polar surface area (TPSA) is 44.5 Å². The van der Waals surface area contributed by atoms with Crippen molar-refractivity contribution in [2.24, 2.45) is 11.7 Å². The second-order valence-electron chi connectivity index (χ2n) is 6.12. The molecule has 0 amide bonds. The third kappa shape index (κ3) is 5.04. The fraction of sp³-hybridized carbons (Fsp3) is 0.647. The smallest absolute Gasteiger partial charge is 0.160 e. The van der Waals surface area contributed by atoms with Gasteiger partial charge < -0.3 is 15.2 Å². The van der Waals surface area contributed by atoms with Crippen molar-refractivity contribution in [3.63, 3.8) is 0 Å². The molecule has 3 nitrogen and oxygen atoms in total. The standard InChI is InChI=1S/C17H29NO2/c1-6-7-13(2)11-17(3,18)12-14-8-9-15(19-4)16(10-14)20-5/h8-10,13H,6-7,11-12,18H2,1-5H3. The van der Waals surface area contributed by atoms with Crippen LogP contribution in [0.1, 0.15) is 45.6 Å². The van der Waals surface area contributed by atoms with Crippen LogP contribution in [0, 0.1) is 5.92 Å². The summed E-state index contributed by atoms with van der Waals surface area (Å²) < 4.78 is 10.6. The molecule has 1 aromatic carbocycles. The highest BCUT2D eigenvalue weighted by Gasteiger charge is 2.22. The average molecular weight is 279 g/mol. The van der Waals surface area contributed by atoms with E-state index in [4.69, 9.17) is 15.2 Å². The van der Waals surface area contributed by atoms with E-state index >= 15 is 0 Å². The van der Waals surface area contributed by atoms with Crippen LogP contribution in [0.3, 0.4) is 0 Å². The van der Waals surface area contributed by atoms with E-state index in [0.717, 1.165) is 24.3 Å². The lowest BCUT2D eigenvalue weighted by Crippen LogP contribution is -2.40. The van der Waals surface area contributed by atoms with E-state index in [-0.39, 0.29) is 5.54 Å². The summed E-state index contributed by atoms with van der Waals surface area (Å²) >= 11 is 0. The summed E-state index contributed by atoms with van der Waals surface area (Å²) in [6.07, 6.45) is 4.34. The molecule has 2 atom stereocenters. The maximum Gasteiger partial charge on any atom is 0.160 e. The molecule has 2 N–H and O–H groups in total. The van der Waals surface area contributed by atoms with Crippen LogP contribution in [0.5, 0.6) is 11.5 Å². The predicted molar refractivity (Wildman–Crippen MR) is 84.5 cm³/mol. The van der Waals surface area contributed by atoms with Crippen LogP contribution in [0.4, 0.5) is 0 Å². The Morgan fingerprint density at radius 3 is 2.40 bits per heavy atom. The van der Waals surface area contributed by atoms with Gasteiger partial charge in [-0.05, 0) is 43.4 Å². The molecule has 0 saturated carbocycles. The fourth-order valence-corrected chi connectivity index (χ4v) is 2.92. The minimum absolute atomic E-state index is 0.186. The van der Waals surface area contributed by atoms with E-state index in [1.165, 1.54) is 18.4 Å². The fourth-order valence-electron chi connectivity index (χ4n) is 2.92. The Bertz CT molecular complexity index is 415. The number of benzene rings is 1. The first-order valence-corrected chi connectivity index (χ1v) is 7.41. The summed E-state index contributed by atoms with van der Waals surface area (Å²) in [5, 5.41) is 0. The normalized spacial score (nSPS) is 15.5. The molecule has 0 saturated heterocycles. The SMILES string of the molecule is CCCC(C)CC(C)(N)Cc1ccc(OC)c(OC)c1. The zero-order chi connectivity index (χ0) is 15.2. The third-order valence-corrected chi connectivity index (χ3v) is 3.65. The zero-order valence-corrected chi connectivity index (χ0v) is 13.5. The van der Waals surface area contributed by atoms with Crippen LogP contribution in [-0.2, 0) is 6.42 Å². The molecular formula is C17H29NO2. The van der Waals surface area contributed by atoms with E-state index in [2.05, 4.69) is 26.8 Å². The van der Waals surface area contributed by atoms with Crippen LogP contribution in [0.2, 0.25) is 0 Å². The lowest BCUT2D eigenvalue weighted by atomic mass is 9.84. The first-order chi connectivity index (χ1) is 9.41. The summed E-state index contributed by atoms with van der Waals surface area (Å²) in [6.45, 7) is 6.64. The monoisotopic (exact) mass is 279 g/mol. The second-order valence-corrected chi connectivity index (χ2v) is 6.12. The number of methoxy groups -OCH3 is 2. The molecule has 20 heavy (non-hydrogen) atoms. The van der Waals surface area contributed by atoms with Gasteiger partial charge >= 0.3 is 0 Å². The largest absolute Gasteiger partial charge is 0.493 e. The Morgan fingerprint density at radius 2 is 1.85 bits per heavy atom. The molecule has 0 aliphatic rings. The first-order valence-electron chi connectivity index (χ1n) is 7.41. The Hall–Kier alpha value is -1.22. The molecule has 0 bridgehead atoms. The molecule has 2 unspecified atom stereocenters. The Kier molecular flexibility index (Phi) is 6.34. The molecule has 0 aliphatic carbocycles. The van der Waals surface area contributed by atoms with Gasteiger partial charge in [0, 0.05) is 5.54 Å². The van der Waals surface area contributed by atoms with E-state index < -0.39 is 0 Å². The van der Waals surface area contributed by atoms with Crippen LogP contribution in [-0.4, -0.2) is 19.8 Å². The zero-order valence-electron chi connectivity index (χ0n) is 13.5. The molecule has 3 heteroatoms. The molecule has 1 aromatic rings. The van der Waals surface area contributed by atoms with Gasteiger partial charge in [0.1, 0.15) is 0 Å². The van der Waals surface area contributed by atoms with Gasteiger partial charge in [-0.1, -0.05) is 32.8 Å². The molecule has 0 aliphatic heterocycles. The maximum atomic E-state index is 6.47. The summed E-state index contributed by atoms with van der Waals surface area (Å²) in [7, 11) is 3.31. The molecular weight excluding hydrogens is 250 g/mol. The molecule has 1 rings (SSSR count). The summed E-state index contributed by atoms with van der Waals surface area (Å²) in [6, 6.07) is 6.03. The Balaban J connectivity index is 2.76. The third-order valence-electron chi connectivity index (χ3n) is 3.65.